The number of guanidine groups is 1. The first-order chi connectivity index (χ1) is 12.2. The summed E-state index contributed by atoms with van der Waals surface area (Å²) in [5.74, 6) is 1.38. The molecule has 0 aliphatic carbocycles. The zero-order valence-electron chi connectivity index (χ0n) is 16.0. The summed E-state index contributed by atoms with van der Waals surface area (Å²) in [5, 5.41) is 6.33. The SMILES string of the molecule is C=CCOc1ccccc1CN=C(NCC)NCC(C)(C)NS(C)(=O)=O. The predicted octanol–water partition coefficient (Wildman–Crippen LogP) is 1.63. The number of ether oxygens (including phenoxy) is 1. The third-order valence-corrected chi connectivity index (χ3v) is 4.16. The van der Waals surface area contributed by atoms with Gasteiger partial charge in [0.1, 0.15) is 12.4 Å². The summed E-state index contributed by atoms with van der Waals surface area (Å²) >= 11 is 0. The van der Waals surface area contributed by atoms with Crippen LogP contribution in [0.1, 0.15) is 26.3 Å². The van der Waals surface area contributed by atoms with E-state index in [0.29, 0.717) is 32.2 Å². The van der Waals surface area contributed by atoms with Crippen LogP contribution in [0.25, 0.3) is 0 Å². The minimum Gasteiger partial charge on any atom is -0.489 e. The Labute approximate surface area is 157 Å². The van der Waals surface area contributed by atoms with Gasteiger partial charge in [0, 0.05) is 24.2 Å². The second-order valence-electron chi connectivity index (χ2n) is 6.51. The molecule has 3 N–H and O–H groups in total. The molecule has 1 aromatic rings. The number of nitrogens with one attached hydrogen (secondary N) is 3. The van der Waals surface area contributed by atoms with Crippen LogP contribution >= 0.6 is 0 Å². The molecular weight excluding hydrogens is 352 g/mol. The van der Waals surface area contributed by atoms with Gasteiger partial charge in [-0.25, -0.2) is 18.1 Å². The summed E-state index contributed by atoms with van der Waals surface area (Å²) in [6.07, 6.45) is 2.84. The summed E-state index contributed by atoms with van der Waals surface area (Å²) in [6, 6.07) is 7.70. The van der Waals surface area contributed by atoms with E-state index in [4.69, 9.17) is 4.74 Å². The van der Waals surface area contributed by atoms with Gasteiger partial charge in [0.2, 0.25) is 10.0 Å². The summed E-state index contributed by atoms with van der Waals surface area (Å²) in [5.41, 5.74) is 0.314. The molecule has 0 fully saturated rings. The molecule has 0 saturated heterocycles. The number of aliphatic imine (C=N–C) groups is 1. The molecular formula is C18H30N4O3S. The predicted molar refractivity (Wildman–Crippen MR) is 107 cm³/mol. The largest absolute Gasteiger partial charge is 0.489 e. The third-order valence-electron chi connectivity index (χ3n) is 3.24. The Morgan fingerprint density at radius 1 is 1.31 bits per heavy atom. The Kier molecular flexibility index (Phi) is 8.60. The van der Waals surface area contributed by atoms with Crippen molar-refractivity contribution in [3.8, 4) is 5.75 Å². The van der Waals surface area contributed by atoms with E-state index in [1.165, 1.54) is 0 Å². The molecule has 0 aromatic heterocycles. The van der Waals surface area contributed by atoms with Crippen LogP contribution in [0.4, 0.5) is 0 Å². The molecule has 0 radical (unpaired) electrons. The van der Waals surface area contributed by atoms with E-state index < -0.39 is 15.6 Å². The minimum absolute atomic E-state index is 0.389. The minimum atomic E-state index is -3.29. The fourth-order valence-electron chi connectivity index (χ4n) is 2.27. The third kappa shape index (κ3) is 8.87. The van der Waals surface area contributed by atoms with Crippen molar-refractivity contribution >= 4 is 16.0 Å². The van der Waals surface area contributed by atoms with Crippen molar-refractivity contribution in [1.29, 1.82) is 0 Å². The molecule has 0 bridgehead atoms. The van der Waals surface area contributed by atoms with Gasteiger partial charge in [-0.1, -0.05) is 30.9 Å². The maximum Gasteiger partial charge on any atom is 0.209 e. The second-order valence-corrected chi connectivity index (χ2v) is 8.26. The van der Waals surface area contributed by atoms with Crippen molar-refractivity contribution in [2.24, 2.45) is 4.99 Å². The highest BCUT2D eigenvalue weighted by atomic mass is 32.2. The lowest BCUT2D eigenvalue weighted by Gasteiger charge is -2.26. The Bertz CT molecular complexity index is 715. The van der Waals surface area contributed by atoms with Crippen LogP contribution in [0.15, 0.2) is 41.9 Å². The number of para-hydroxylation sites is 1. The van der Waals surface area contributed by atoms with Gasteiger partial charge in [0.15, 0.2) is 5.96 Å². The molecule has 0 unspecified atom stereocenters. The Balaban J connectivity index is 2.79. The molecule has 0 aliphatic rings. The highest BCUT2D eigenvalue weighted by Gasteiger charge is 2.22. The summed E-state index contributed by atoms with van der Waals surface area (Å²) in [4.78, 5) is 4.56. The van der Waals surface area contributed by atoms with E-state index in [9.17, 15) is 8.42 Å². The molecule has 0 aliphatic heterocycles. The van der Waals surface area contributed by atoms with Crippen LogP contribution in [0.3, 0.4) is 0 Å². The zero-order valence-corrected chi connectivity index (χ0v) is 16.8. The quantitative estimate of drug-likeness (QED) is 0.325. The zero-order chi connectivity index (χ0) is 19.6. The Hall–Kier alpha value is -2.06. The van der Waals surface area contributed by atoms with E-state index in [0.717, 1.165) is 17.6 Å². The van der Waals surface area contributed by atoms with E-state index in [1.54, 1.807) is 6.08 Å². The van der Waals surface area contributed by atoms with Gasteiger partial charge in [-0.05, 0) is 26.8 Å². The average Bonchev–Trinajstić information content (AvgIpc) is 2.54. The van der Waals surface area contributed by atoms with Crippen LogP contribution in [0.5, 0.6) is 5.75 Å². The molecule has 0 atom stereocenters. The van der Waals surface area contributed by atoms with Crippen molar-refractivity contribution in [2.75, 3.05) is 26.0 Å². The lowest BCUT2D eigenvalue weighted by molar-refractivity contribution is 0.359. The molecule has 8 heteroatoms. The standard InChI is InChI=1S/C18H30N4O3S/c1-6-12-25-16-11-9-8-10-15(16)13-20-17(19-7-2)21-14-18(3,4)22-26(5,23)24/h6,8-11,22H,1,7,12-14H2,2-5H3,(H2,19,20,21). The van der Waals surface area contributed by atoms with Crippen LogP contribution in [0.2, 0.25) is 0 Å². The molecule has 1 aromatic carbocycles. The van der Waals surface area contributed by atoms with Gasteiger partial charge >= 0.3 is 0 Å². The lowest BCUT2D eigenvalue weighted by atomic mass is 10.1. The van der Waals surface area contributed by atoms with E-state index >= 15 is 0 Å². The van der Waals surface area contributed by atoms with Crippen molar-refractivity contribution < 1.29 is 13.2 Å². The smallest absolute Gasteiger partial charge is 0.209 e. The highest BCUT2D eigenvalue weighted by Crippen LogP contribution is 2.18. The highest BCUT2D eigenvalue weighted by molar-refractivity contribution is 7.88. The molecule has 1 rings (SSSR count). The number of hydrogen-bond donors (Lipinski definition) is 3. The van der Waals surface area contributed by atoms with Crippen LogP contribution < -0.4 is 20.1 Å². The normalized spacial score (nSPS) is 12.5. The monoisotopic (exact) mass is 382 g/mol. The fourth-order valence-corrected chi connectivity index (χ4v) is 3.35. The number of hydrogen-bond acceptors (Lipinski definition) is 4. The van der Waals surface area contributed by atoms with Crippen LogP contribution in [-0.4, -0.2) is 45.9 Å². The Morgan fingerprint density at radius 2 is 2.00 bits per heavy atom. The summed E-state index contributed by atoms with van der Waals surface area (Å²) < 4.78 is 31.1. The number of benzene rings is 1. The number of sulfonamides is 1. The van der Waals surface area contributed by atoms with E-state index in [1.807, 2.05) is 45.0 Å². The van der Waals surface area contributed by atoms with Crippen molar-refractivity contribution in [2.45, 2.75) is 32.9 Å². The molecule has 0 amide bonds. The van der Waals surface area contributed by atoms with Gasteiger partial charge in [-0.2, -0.15) is 0 Å². The Morgan fingerprint density at radius 3 is 2.62 bits per heavy atom. The summed E-state index contributed by atoms with van der Waals surface area (Å²) in [7, 11) is -3.29. The fraction of sp³-hybridized carbons (Fsp3) is 0.500. The first kappa shape index (κ1) is 22.0. The first-order valence-electron chi connectivity index (χ1n) is 8.49. The lowest BCUT2D eigenvalue weighted by Crippen LogP contribution is -2.53. The summed E-state index contributed by atoms with van der Waals surface area (Å²) in [6.45, 7) is 11.2. The second kappa shape index (κ2) is 10.2. The van der Waals surface area contributed by atoms with E-state index in [-0.39, 0.29) is 0 Å². The topological polar surface area (TPSA) is 91.8 Å². The maximum atomic E-state index is 11.4. The molecule has 146 valence electrons. The van der Waals surface area contributed by atoms with Gasteiger partial charge in [-0.3, -0.25) is 0 Å². The van der Waals surface area contributed by atoms with Gasteiger partial charge in [0.05, 0.1) is 12.8 Å². The molecule has 0 saturated carbocycles. The van der Waals surface area contributed by atoms with Crippen molar-refractivity contribution in [1.82, 2.24) is 15.4 Å². The van der Waals surface area contributed by atoms with Gasteiger partial charge in [-0.15, -0.1) is 0 Å². The molecule has 7 nitrogen and oxygen atoms in total. The maximum absolute atomic E-state index is 11.4. The van der Waals surface area contributed by atoms with E-state index in [2.05, 4.69) is 26.9 Å². The molecule has 0 spiro atoms. The van der Waals surface area contributed by atoms with Crippen LogP contribution in [-0.2, 0) is 16.6 Å². The first-order valence-corrected chi connectivity index (χ1v) is 10.4. The van der Waals surface area contributed by atoms with Crippen molar-refractivity contribution in [3.63, 3.8) is 0 Å². The number of nitrogens with zero attached hydrogens (tertiary/aromatic N) is 1. The van der Waals surface area contributed by atoms with Crippen molar-refractivity contribution in [3.05, 3.63) is 42.5 Å². The number of rotatable bonds is 10. The average molecular weight is 383 g/mol. The van der Waals surface area contributed by atoms with Gasteiger partial charge in [0.25, 0.3) is 0 Å². The van der Waals surface area contributed by atoms with Gasteiger partial charge < -0.3 is 15.4 Å². The van der Waals surface area contributed by atoms with Crippen LogP contribution in [0, 0.1) is 0 Å². The molecule has 26 heavy (non-hydrogen) atoms. The molecule has 0 heterocycles.